The minimum absolute atomic E-state index is 0.0938. The van der Waals surface area contributed by atoms with Gasteiger partial charge in [0.15, 0.2) is 14.6 Å². The Bertz CT molecular complexity index is 1080. The molecule has 1 aromatic carbocycles. The van der Waals surface area contributed by atoms with Crippen LogP contribution in [0.15, 0.2) is 28.1 Å². The molecule has 0 N–H and O–H groups in total. The number of rotatable bonds is 6. The first-order chi connectivity index (χ1) is 13.8. The lowest BCUT2D eigenvalue weighted by Gasteiger charge is -2.20. The van der Waals surface area contributed by atoms with Crippen LogP contribution in [0.3, 0.4) is 0 Å². The van der Waals surface area contributed by atoms with Gasteiger partial charge in [0, 0.05) is 12.7 Å². The van der Waals surface area contributed by atoms with Crippen LogP contribution >= 0.6 is 11.3 Å². The van der Waals surface area contributed by atoms with E-state index >= 15 is 0 Å². The van der Waals surface area contributed by atoms with E-state index in [1.807, 2.05) is 0 Å². The number of carbonyl (C=O) groups excluding carboxylic acids is 2. The van der Waals surface area contributed by atoms with Crippen molar-refractivity contribution in [3.05, 3.63) is 23.0 Å². The zero-order valence-electron chi connectivity index (χ0n) is 16.7. The van der Waals surface area contributed by atoms with Gasteiger partial charge in [-0.15, -0.1) is 0 Å². The number of hydrogen-bond donors (Lipinski definition) is 0. The van der Waals surface area contributed by atoms with Gasteiger partial charge in [-0.1, -0.05) is 43.4 Å². The maximum Gasteiger partial charge on any atom is 0.325 e. The van der Waals surface area contributed by atoms with Crippen molar-refractivity contribution < 1.29 is 22.7 Å². The number of aromatic nitrogens is 1. The third-order valence-electron chi connectivity index (χ3n) is 5.31. The lowest BCUT2D eigenvalue weighted by atomic mass is 9.86. The van der Waals surface area contributed by atoms with E-state index < -0.39 is 15.8 Å². The van der Waals surface area contributed by atoms with Crippen LogP contribution in [0.25, 0.3) is 10.2 Å². The molecule has 7 nitrogen and oxygen atoms in total. The molecular weight excluding hydrogens is 412 g/mol. The summed E-state index contributed by atoms with van der Waals surface area (Å²) in [6.45, 7) is -0.0938. The first kappa shape index (κ1) is 21.7. The Morgan fingerprint density at radius 3 is 2.62 bits per heavy atom. The topological polar surface area (TPSA) is 94.8 Å². The minimum atomic E-state index is -3.36. The predicted octanol–water partition coefficient (Wildman–Crippen LogP) is 3.07. The molecule has 1 heterocycles. The molecule has 1 aliphatic rings. The van der Waals surface area contributed by atoms with Crippen LogP contribution in [0.5, 0.6) is 0 Å². The second-order valence-electron chi connectivity index (χ2n) is 7.50. The summed E-state index contributed by atoms with van der Waals surface area (Å²) < 4.78 is 30.7. The average Bonchev–Trinajstić information content (AvgIpc) is 3.02. The van der Waals surface area contributed by atoms with Crippen molar-refractivity contribution >= 4 is 43.3 Å². The van der Waals surface area contributed by atoms with Crippen molar-refractivity contribution in [1.82, 2.24) is 4.57 Å². The van der Waals surface area contributed by atoms with Gasteiger partial charge >= 0.3 is 5.97 Å². The number of amides is 1. The molecule has 1 aromatic heterocycles. The number of carbonyl (C=O) groups is 2. The Morgan fingerprint density at radius 2 is 1.97 bits per heavy atom. The van der Waals surface area contributed by atoms with Crippen LogP contribution in [0.4, 0.5) is 0 Å². The Morgan fingerprint density at radius 1 is 1.24 bits per heavy atom. The quantitative estimate of drug-likeness (QED) is 0.646. The summed E-state index contributed by atoms with van der Waals surface area (Å²) in [5.41, 5.74) is 0.645. The molecule has 0 saturated heterocycles. The van der Waals surface area contributed by atoms with Crippen LogP contribution < -0.4 is 4.80 Å². The molecule has 29 heavy (non-hydrogen) atoms. The maximum atomic E-state index is 12.5. The van der Waals surface area contributed by atoms with Gasteiger partial charge in [0.25, 0.3) is 0 Å². The molecular formula is C20H26N2O5S2. The lowest BCUT2D eigenvalue weighted by molar-refractivity contribution is -0.141. The van der Waals surface area contributed by atoms with Crippen LogP contribution in [0, 0.1) is 5.92 Å². The number of nitrogens with zero attached hydrogens (tertiary/aromatic N) is 2. The van der Waals surface area contributed by atoms with Gasteiger partial charge in [-0.3, -0.25) is 9.59 Å². The highest BCUT2D eigenvalue weighted by atomic mass is 32.2. The van der Waals surface area contributed by atoms with Gasteiger partial charge in [0.2, 0.25) is 5.91 Å². The minimum Gasteiger partial charge on any atom is -0.468 e. The van der Waals surface area contributed by atoms with Crippen LogP contribution in [0.1, 0.15) is 44.9 Å². The Hall–Kier alpha value is -2.00. The molecule has 1 fully saturated rings. The number of hydrogen-bond acceptors (Lipinski definition) is 6. The number of ether oxygens (including phenoxy) is 1. The fourth-order valence-electron chi connectivity index (χ4n) is 3.68. The van der Waals surface area contributed by atoms with Gasteiger partial charge < -0.3 is 9.30 Å². The maximum absolute atomic E-state index is 12.5. The first-order valence-corrected chi connectivity index (χ1v) is 12.5. The molecule has 2 aromatic rings. The Labute approximate surface area is 174 Å². The normalized spacial score (nSPS) is 16.3. The van der Waals surface area contributed by atoms with E-state index in [0.717, 1.165) is 12.7 Å². The number of methoxy groups -OCH3 is 1. The van der Waals surface area contributed by atoms with Crippen molar-refractivity contribution in [2.24, 2.45) is 10.9 Å². The Balaban J connectivity index is 1.92. The number of benzene rings is 1. The highest BCUT2D eigenvalue weighted by Gasteiger charge is 2.17. The van der Waals surface area contributed by atoms with Crippen molar-refractivity contribution in [2.75, 3.05) is 13.4 Å². The summed E-state index contributed by atoms with van der Waals surface area (Å²) in [6, 6.07) is 4.68. The van der Waals surface area contributed by atoms with Crippen molar-refractivity contribution in [2.45, 2.75) is 56.4 Å². The molecule has 0 aliphatic heterocycles. The average molecular weight is 439 g/mol. The molecule has 9 heteroatoms. The van der Waals surface area contributed by atoms with Gasteiger partial charge in [0.1, 0.15) is 6.54 Å². The van der Waals surface area contributed by atoms with E-state index in [0.29, 0.717) is 27.4 Å². The third-order valence-corrected chi connectivity index (χ3v) is 7.46. The number of fused-ring (bicyclic) bond motifs is 1. The van der Waals surface area contributed by atoms with Gasteiger partial charge in [0.05, 0.1) is 22.2 Å². The smallest absolute Gasteiger partial charge is 0.325 e. The van der Waals surface area contributed by atoms with Crippen LogP contribution in [-0.4, -0.2) is 38.2 Å². The summed E-state index contributed by atoms with van der Waals surface area (Å²) >= 11 is 1.20. The molecule has 3 rings (SSSR count). The van der Waals surface area contributed by atoms with Crippen LogP contribution in [0.2, 0.25) is 0 Å². The molecule has 0 radical (unpaired) electrons. The third kappa shape index (κ3) is 5.54. The molecule has 0 atom stereocenters. The monoisotopic (exact) mass is 438 g/mol. The largest absolute Gasteiger partial charge is 0.468 e. The van der Waals surface area contributed by atoms with E-state index in [9.17, 15) is 18.0 Å². The molecule has 0 spiro atoms. The zero-order valence-corrected chi connectivity index (χ0v) is 18.4. The number of sulfone groups is 1. The lowest BCUT2D eigenvalue weighted by Crippen LogP contribution is -2.22. The summed E-state index contributed by atoms with van der Waals surface area (Å²) in [4.78, 5) is 29.1. The molecule has 1 amide bonds. The summed E-state index contributed by atoms with van der Waals surface area (Å²) in [5, 5.41) is 0. The van der Waals surface area contributed by atoms with E-state index in [4.69, 9.17) is 4.74 Å². The second-order valence-corrected chi connectivity index (χ2v) is 10.5. The fraction of sp³-hybridized carbons (Fsp3) is 0.550. The number of thiazole rings is 1. The molecule has 0 bridgehead atoms. The number of esters is 1. The van der Waals surface area contributed by atoms with Gasteiger partial charge in [-0.05, 0) is 30.5 Å². The molecule has 158 valence electrons. The summed E-state index contributed by atoms with van der Waals surface area (Å²) in [5.74, 6) is -0.0955. The Kier molecular flexibility index (Phi) is 6.89. The van der Waals surface area contributed by atoms with E-state index in [1.165, 1.54) is 56.6 Å². The summed E-state index contributed by atoms with van der Waals surface area (Å²) in [6.07, 6.45) is 8.44. The van der Waals surface area contributed by atoms with Crippen LogP contribution in [-0.2, 0) is 30.7 Å². The highest BCUT2D eigenvalue weighted by molar-refractivity contribution is 7.90. The van der Waals surface area contributed by atoms with Gasteiger partial charge in [-0.25, -0.2) is 8.42 Å². The zero-order chi connectivity index (χ0) is 21.0. The molecule has 1 saturated carbocycles. The standard InChI is InChI=1S/C20H26N2O5S2/c1-27-19(24)13-22-16-10-9-15(29(2,25)26)12-17(16)28-20(22)21-18(23)11-8-14-6-4-3-5-7-14/h9-10,12,14H,3-8,11,13H2,1-2H3. The first-order valence-electron chi connectivity index (χ1n) is 9.76. The van der Waals surface area contributed by atoms with E-state index in [2.05, 4.69) is 4.99 Å². The van der Waals surface area contributed by atoms with E-state index in [1.54, 1.807) is 16.7 Å². The highest BCUT2D eigenvalue weighted by Crippen LogP contribution is 2.27. The van der Waals surface area contributed by atoms with Crippen molar-refractivity contribution in [3.63, 3.8) is 0 Å². The predicted molar refractivity (Wildman–Crippen MR) is 111 cm³/mol. The molecule has 1 aliphatic carbocycles. The second kappa shape index (κ2) is 9.21. The van der Waals surface area contributed by atoms with E-state index in [-0.39, 0.29) is 17.3 Å². The van der Waals surface area contributed by atoms with Crippen molar-refractivity contribution in [3.8, 4) is 0 Å². The SMILES string of the molecule is COC(=O)Cn1c(=NC(=O)CCC2CCCCC2)sc2cc(S(C)(=O)=O)ccc21. The fourth-order valence-corrected chi connectivity index (χ4v) is 5.49. The summed E-state index contributed by atoms with van der Waals surface area (Å²) in [7, 11) is -2.06. The van der Waals surface area contributed by atoms with Gasteiger partial charge in [-0.2, -0.15) is 4.99 Å². The molecule has 0 unspecified atom stereocenters. The van der Waals surface area contributed by atoms with Crippen molar-refractivity contribution in [1.29, 1.82) is 0 Å².